The van der Waals surface area contributed by atoms with Gasteiger partial charge in [0.15, 0.2) is 18.2 Å². The molecule has 24 heavy (non-hydrogen) atoms. The van der Waals surface area contributed by atoms with Crippen molar-refractivity contribution in [3.63, 3.8) is 0 Å². The van der Waals surface area contributed by atoms with Gasteiger partial charge in [0.2, 0.25) is 0 Å². The molecule has 0 saturated heterocycles. The third-order valence-corrected chi connectivity index (χ3v) is 3.63. The van der Waals surface area contributed by atoms with Crippen LogP contribution < -0.4 is 15.0 Å². The fraction of sp³-hybridized carbons (Fsp3) is 0.111. The van der Waals surface area contributed by atoms with E-state index in [1.807, 2.05) is 36.7 Å². The van der Waals surface area contributed by atoms with Gasteiger partial charge in [0, 0.05) is 18.2 Å². The summed E-state index contributed by atoms with van der Waals surface area (Å²) in [5, 5.41) is 3.33. The number of hydrogen-bond acceptors (Lipinski definition) is 3. The van der Waals surface area contributed by atoms with Crippen molar-refractivity contribution in [2.45, 2.75) is 13.2 Å². The molecule has 1 amide bonds. The van der Waals surface area contributed by atoms with E-state index < -0.39 is 0 Å². The molecule has 0 bridgehead atoms. The Labute approximate surface area is 144 Å². The zero-order chi connectivity index (χ0) is 16.8. The summed E-state index contributed by atoms with van der Waals surface area (Å²) in [4.78, 5) is 15.0. The second-order valence-corrected chi connectivity index (χ2v) is 5.49. The maximum atomic E-state index is 12.1. The van der Waals surface area contributed by atoms with E-state index in [2.05, 4.69) is 10.3 Å². The van der Waals surface area contributed by atoms with Gasteiger partial charge in [-0.05, 0) is 30.3 Å². The summed E-state index contributed by atoms with van der Waals surface area (Å²) in [6, 6.07) is 14.3. The molecular formula is C18H16ClN2O3+. The molecule has 3 rings (SSSR count). The van der Waals surface area contributed by atoms with E-state index in [-0.39, 0.29) is 18.3 Å². The third-order valence-electron chi connectivity index (χ3n) is 3.32. The van der Waals surface area contributed by atoms with E-state index in [4.69, 9.17) is 20.8 Å². The number of pyridine rings is 1. The average molecular weight is 344 g/mol. The topological polar surface area (TPSA) is 65.6 Å². The van der Waals surface area contributed by atoms with Gasteiger partial charge in [-0.25, -0.2) is 4.98 Å². The lowest BCUT2D eigenvalue weighted by atomic mass is 10.3. The summed E-state index contributed by atoms with van der Waals surface area (Å²) in [5.74, 6) is 1.09. The number of benzene rings is 1. The van der Waals surface area contributed by atoms with Crippen LogP contribution >= 0.6 is 11.6 Å². The molecule has 1 aromatic carbocycles. The van der Waals surface area contributed by atoms with Gasteiger partial charge < -0.3 is 14.5 Å². The van der Waals surface area contributed by atoms with E-state index in [0.29, 0.717) is 23.1 Å². The van der Waals surface area contributed by atoms with Crippen LogP contribution in [0.3, 0.4) is 0 Å². The smallest absolute Gasteiger partial charge is 0.287 e. The van der Waals surface area contributed by atoms with E-state index in [1.54, 1.807) is 24.3 Å². The van der Waals surface area contributed by atoms with Gasteiger partial charge in [-0.3, -0.25) is 4.79 Å². The lowest BCUT2D eigenvalue weighted by molar-refractivity contribution is -0.378. The van der Waals surface area contributed by atoms with Crippen LogP contribution in [0, 0.1) is 0 Å². The maximum absolute atomic E-state index is 12.1. The lowest BCUT2D eigenvalue weighted by Crippen LogP contribution is -2.22. The molecule has 0 unspecified atom stereocenters. The Morgan fingerprint density at radius 3 is 2.83 bits per heavy atom. The number of aromatic amines is 1. The first-order valence-corrected chi connectivity index (χ1v) is 7.79. The average Bonchev–Trinajstić information content (AvgIpc) is 3.09. The molecule has 0 saturated carbocycles. The molecule has 0 aliphatic rings. The maximum Gasteiger partial charge on any atom is 0.287 e. The Hall–Kier alpha value is -2.79. The summed E-state index contributed by atoms with van der Waals surface area (Å²) in [5.41, 5.74) is 0.972. The van der Waals surface area contributed by atoms with Crippen molar-refractivity contribution in [2.75, 3.05) is 0 Å². The molecule has 2 aromatic heterocycles. The molecule has 0 aliphatic carbocycles. The van der Waals surface area contributed by atoms with Gasteiger partial charge in [0.05, 0.1) is 5.02 Å². The largest absolute Gasteiger partial charge is 0.484 e. The zero-order valence-corrected chi connectivity index (χ0v) is 13.5. The van der Waals surface area contributed by atoms with Crippen molar-refractivity contribution in [3.8, 4) is 5.75 Å². The minimum Gasteiger partial charge on any atom is -0.484 e. The molecule has 2 heterocycles. The number of carbonyl (C=O) groups excluding carboxylic acids is 1. The van der Waals surface area contributed by atoms with Crippen LogP contribution in [0.15, 0.2) is 65.3 Å². The second kappa shape index (κ2) is 7.66. The second-order valence-electron chi connectivity index (χ2n) is 5.08. The first kappa shape index (κ1) is 16.1. The molecule has 2 N–H and O–H groups in total. The van der Waals surface area contributed by atoms with Crippen LogP contribution in [0.4, 0.5) is 0 Å². The quantitative estimate of drug-likeness (QED) is 0.747. The summed E-state index contributed by atoms with van der Waals surface area (Å²) in [6.45, 7) is 0.618. The number of nitrogens with one attached hydrogen (secondary N) is 2. The Balaban J connectivity index is 1.55. The number of halogens is 1. The molecule has 0 radical (unpaired) electrons. The van der Waals surface area contributed by atoms with Gasteiger partial charge in [-0.2, -0.15) is 0 Å². The van der Waals surface area contributed by atoms with Gasteiger partial charge in [-0.1, -0.05) is 23.7 Å². The van der Waals surface area contributed by atoms with Gasteiger partial charge in [0.25, 0.3) is 5.91 Å². The number of aromatic nitrogens is 1. The highest BCUT2D eigenvalue weighted by atomic mass is 35.5. The minimum absolute atomic E-state index is 0.199. The van der Waals surface area contributed by atoms with Gasteiger partial charge in [0.1, 0.15) is 18.1 Å². The number of rotatable bonds is 6. The predicted octanol–water partition coefficient (Wildman–Crippen LogP) is 3.26. The normalized spacial score (nSPS) is 10.4. The first-order valence-electron chi connectivity index (χ1n) is 7.41. The fourth-order valence-corrected chi connectivity index (χ4v) is 2.29. The van der Waals surface area contributed by atoms with E-state index in [1.165, 1.54) is 0 Å². The molecule has 0 spiro atoms. The highest BCUT2D eigenvalue weighted by molar-refractivity contribution is 6.32. The monoisotopic (exact) mass is 343 g/mol. The number of hydrogen-bond donors (Lipinski definition) is 1. The van der Waals surface area contributed by atoms with Crippen molar-refractivity contribution < 1.29 is 18.9 Å². The summed E-state index contributed by atoms with van der Waals surface area (Å²) >= 11 is 6.02. The molecule has 5 nitrogen and oxygen atoms in total. The van der Waals surface area contributed by atoms with Crippen molar-refractivity contribution in [2.24, 2.45) is 0 Å². The molecule has 6 heteroatoms. The minimum atomic E-state index is -0.275. The van der Waals surface area contributed by atoms with Crippen LogP contribution in [-0.2, 0) is 13.2 Å². The van der Waals surface area contributed by atoms with E-state index in [9.17, 15) is 4.79 Å². The van der Waals surface area contributed by atoms with E-state index >= 15 is 0 Å². The highest BCUT2D eigenvalue weighted by Crippen LogP contribution is 2.24. The van der Waals surface area contributed by atoms with Crippen molar-refractivity contribution in [3.05, 3.63) is 83.0 Å². The van der Waals surface area contributed by atoms with Gasteiger partial charge >= 0.3 is 0 Å². The molecule has 0 atom stereocenters. The number of furan rings is 1. The third kappa shape index (κ3) is 4.14. The molecule has 0 aliphatic heterocycles. The standard InChI is InChI=1S/C18H15ClN2O3/c19-15-5-1-2-6-16(15)23-12-14-7-8-17(24-14)18(22)21-11-13-4-3-9-20-10-13/h1-10H,11-12H2,(H,21,22)/p+1. The zero-order valence-electron chi connectivity index (χ0n) is 12.8. The molecule has 122 valence electrons. The Morgan fingerprint density at radius 2 is 2.04 bits per heavy atom. The van der Waals surface area contributed by atoms with Crippen LogP contribution in [0.2, 0.25) is 5.02 Å². The number of carbonyl (C=O) groups is 1. The SMILES string of the molecule is O=C(NCc1ccc[nH+]c1)c1ccc(COc2ccccc2Cl)o1. The van der Waals surface area contributed by atoms with E-state index in [0.717, 1.165) is 5.56 Å². The summed E-state index contributed by atoms with van der Waals surface area (Å²) in [6.07, 6.45) is 3.63. The molecule has 0 fully saturated rings. The van der Waals surface area contributed by atoms with Crippen molar-refractivity contribution in [1.82, 2.24) is 5.32 Å². The van der Waals surface area contributed by atoms with Crippen molar-refractivity contribution >= 4 is 17.5 Å². The van der Waals surface area contributed by atoms with Gasteiger partial charge in [-0.15, -0.1) is 0 Å². The van der Waals surface area contributed by atoms with Crippen LogP contribution in [-0.4, -0.2) is 5.91 Å². The Kier molecular flexibility index (Phi) is 5.13. The summed E-state index contributed by atoms with van der Waals surface area (Å²) < 4.78 is 11.1. The van der Waals surface area contributed by atoms with Crippen LogP contribution in [0.1, 0.15) is 21.9 Å². The number of amides is 1. The highest BCUT2D eigenvalue weighted by Gasteiger charge is 2.12. The fourth-order valence-electron chi connectivity index (χ4n) is 2.10. The summed E-state index contributed by atoms with van der Waals surface area (Å²) in [7, 11) is 0. The predicted molar refractivity (Wildman–Crippen MR) is 88.7 cm³/mol. The van der Waals surface area contributed by atoms with Crippen molar-refractivity contribution in [1.29, 1.82) is 0 Å². The molecular weight excluding hydrogens is 328 g/mol. The number of para-hydroxylation sites is 1. The first-order chi connectivity index (χ1) is 11.7. The Bertz CT molecular complexity index is 818. The Morgan fingerprint density at radius 1 is 1.17 bits per heavy atom. The van der Waals surface area contributed by atoms with Crippen LogP contribution in [0.25, 0.3) is 0 Å². The van der Waals surface area contributed by atoms with Crippen LogP contribution in [0.5, 0.6) is 5.75 Å². The molecule has 3 aromatic rings. The number of ether oxygens (including phenoxy) is 1. The number of H-pyrrole nitrogens is 1. The lowest BCUT2D eigenvalue weighted by Gasteiger charge is -2.05.